The SMILES string of the molecule is O=C(c1cc(Br)ccc1Br)c1ccccc1OC(F)(F)F. The molecule has 2 aromatic rings. The zero-order valence-electron chi connectivity index (χ0n) is 10.2. The molecule has 0 aliphatic heterocycles. The highest BCUT2D eigenvalue weighted by Gasteiger charge is 2.33. The number of ether oxygens (including phenoxy) is 1. The van der Waals surface area contributed by atoms with Crippen LogP contribution >= 0.6 is 31.9 Å². The Morgan fingerprint density at radius 3 is 2.33 bits per heavy atom. The third-order valence-corrected chi connectivity index (χ3v) is 3.72. The summed E-state index contributed by atoms with van der Waals surface area (Å²) in [6, 6.07) is 10.1. The van der Waals surface area contributed by atoms with Gasteiger partial charge in [0.2, 0.25) is 0 Å². The molecule has 2 aromatic carbocycles. The summed E-state index contributed by atoms with van der Waals surface area (Å²) in [7, 11) is 0. The lowest BCUT2D eigenvalue weighted by Gasteiger charge is -2.13. The molecule has 110 valence electrons. The number of hydrogen-bond acceptors (Lipinski definition) is 2. The van der Waals surface area contributed by atoms with Crippen LogP contribution in [-0.2, 0) is 0 Å². The molecule has 0 fully saturated rings. The highest BCUT2D eigenvalue weighted by Crippen LogP contribution is 2.30. The fraction of sp³-hybridized carbons (Fsp3) is 0.0714. The molecule has 0 aromatic heterocycles. The minimum absolute atomic E-state index is 0.159. The van der Waals surface area contributed by atoms with Crippen LogP contribution in [0.4, 0.5) is 13.2 Å². The van der Waals surface area contributed by atoms with Gasteiger partial charge < -0.3 is 4.74 Å². The first-order chi connectivity index (χ1) is 9.78. The van der Waals surface area contributed by atoms with Gasteiger partial charge in [0.1, 0.15) is 5.75 Å². The second kappa shape index (κ2) is 6.19. The molecule has 0 unspecified atom stereocenters. The summed E-state index contributed by atoms with van der Waals surface area (Å²) in [5, 5.41) is 0. The maximum absolute atomic E-state index is 12.4. The van der Waals surface area contributed by atoms with Crippen molar-refractivity contribution in [3.05, 3.63) is 62.5 Å². The molecule has 0 atom stereocenters. The van der Waals surface area contributed by atoms with Crippen molar-refractivity contribution in [2.24, 2.45) is 0 Å². The summed E-state index contributed by atoms with van der Waals surface area (Å²) < 4.78 is 42.2. The van der Waals surface area contributed by atoms with Gasteiger partial charge in [0.15, 0.2) is 5.78 Å². The van der Waals surface area contributed by atoms with E-state index in [1.807, 2.05) is 0 Å². The Labute approximate surface area is 135 Å². The first kappa shape index (κ1) is 16.0. The monoisotopic (exact) mass is 422 g/mol. The van der Waals surface area contributed by atoms with Crippen molar-refractivity contribution in [1.29, 1.82) is 0 Å². The molecule has 0 aliphatic carbocycles. The molecule has 0 radical (unpaired) electrons. The van der Waals surface area contributed by atoms with Gasteiger partial charge in [-0.2, -0.15) is 0 Å². The van der Waals surface area contributed by atoms with E-state index in [0.717, 1.165) is 6.07 Å². The Bertz CT molecular complexity index is 684. The number of ketones is 1. The van der Waals surface area contributed by atoms with Crippen LogP contribution in [0.2, 0.25) is 0 Å². The van der Waals surface area contributed by atoms with Crippen LogP contribution in [0, 0.1) is 0 Å². The molecule has 0 bridgehead atoms. The van der Waals surface area contributed by atoms with Crippen LogP contribution in [0.15, 0.2) is 51.4 Å². The first-order valence-corrected chi connectivity index (χ1v) is 7.21. The zero-order chi connectivity index (χ0) is 15.6. The number of alkyl halides is 3. The molecule has 0 saturated heterocycles. The summed E-state index contributed by atoms with van der Waals surface area (Å²) in [6.07, 6.45) is -4.86. The van der Waals surface area contributed by atoms with Crippen molar-refractivity contribution in [3.63, 3.8) is 0 Å². The molecule has 7 heteroatoms. The van der Waals surface area contributed by atoms with Crippen LogP contribution in [0.5, 0.6) is 5.75 Å². The van der Waals surface area contributed by atoms with E-state index in [0.29, 0.717) is 8.95 Å². The van der Waals surface area contributed by atoms with E-state index in [4.69, 9.17) is 0 Å². The van der Waals surface area contributed by atoms with Crippen molar-refractivity contribution in [3.8, 4) is 5.75 Å². The molecular formula is C14H7Br2F3O2. The largest absolute Gasteiger partial charge is 0.573 e. The molecule has 0 saturated carbocycles. The predicted octanol–water partition coefficient (Wildman–Crippen LogP) is 5.34. The lowest BCUT2D eigenvalue weighted by molar-refractivity contribution is -0.274. The lowest BCUT2D eigenvalue weighted by atomic mass is 10.0. The van der Waals surface area contributed by atoms with Gasteiger partial charge in [-0.15, -0.1) is 13.2 Å². The van der Waals surface area contributed by atoms with Gasteiger partial charge in [-0.1, -0.05) is 44.0 Å². The standard InChI is InChI=1S/C14H7Br2F3O2/c15-8-5-6-11(16)10(7-8)13(20)9-3-1-2-4-12(9)21-14(17,18)19/h1-7H. The molecule has 0 spiro atoms. The van der Waals surface area contributed by atoms with Crippen LogP contribution < -0.4 is 4.74 Å². The molecule has 21 heavy (non-hydrogen) atoms. The fourth-order valence-corrected chi connectivity index (χ4v) is 2.47. The average molecular weight is 424 g/mol. The topological polar surface area (TPSA) is 26.3 Å². The van der Waals surface area contributed by atoms with Crippen LogP contribution in [-0.4, -0.2) is 12.1 Å². The van der Waals surface area contributed by atoms with Gasteiger partial charge in [0.25, 0.3) is 0 Å². The zero-order valence-corrected chi connectivity index (χ0v) is 13.4. The Morgan fingerprint density at radius 1 is 1.00 bits per heavy atom. The molecular weight excluding hydrogens is 417 g/mol. The Kier molecular flexibility index (Phi) is 4.73. The van der Waals surface area contributed by atoms with Crippen molar-refractivity contribution in [2.45, 2.75) is 6.36 Å². The molecule has 2 nitrogen and oxygen atoms in total. The smallest absolute Gasteiger partial charge is 0.405 e. The number of para-hydroxylation sites is 1. The fourth-order valence-electron chi connectivity index (χ4n) is 1.68. The van der Waals surface area contributed by atoms with Crippen LogP contribution in [0.25, 0.3) is 0 Å². The molecule has 0 N–H and O–H groups in total. The molecule has 0 amide bonds. The number of hydrogen-bond donors (Lipinski definition) is 0. The summed E-state index contributed by atoms with van der Waals surface area (Å²) >= 11 is 6.43. The van der Waals surface area contributed by atoms with Gasteiger partial charge in [0, 0.05) is 14.5 Å². The third-order valence-electron chi connectivity index (χ3n) is 2.53. The summed E-state index contributed by atoms with van der Waals surface area (Å²) in [4.78, 5) is 12.4. The van der Waals surface area contributed by atoms with Gasteiger partial charge in [-0.3, -0.25) is 4.79 Å². The number of halogens is 5. The maximum atomic E-state index is 12.4. The van der Waals surface area contributed by atoms with Crippen LogP contribution in [0.1, 0.15) is 15.9 Å². The number of carbonyl (C=O) groups excluding carboxylic acids is 1. The van der Waals surface area contributed by atoms with E-state index in [1.54, 1.807) is 12.1 Å². The quantitative estimate of drug-likeness (QED) is 0.622. The average Bonchev–Trinajstić information content (AvgIpc) is 2.39. The molecule has 0 heterocycles. The van der Waals surface area contributed by atoms with Crippen molar-refractivity contribution < 1.29 is 22.7 Å². The highest BCUT2D eigenvalue weighted by atomic mass is 79.9. The van der Waals surface area contributed by atoms with Crippen molar-refractivity contribution in [2.75, 3.05) is 0 Å². The summed E-state index contributed by atoms with van der Waals surface area (Å²) in [5.74, 6) is -1.09. The predicted molar refractivity (Wildman–Crippen MR) is 78.4 cm³/mol. The van der Waals surface area contributed by atoms with E-state index < -0.39 is 17.9 Å². The number of benzene rings is 2. The van der Waals surface area contributed by atoms with E-state index >= 15 is 0 Å². The second-order valence-electron chi connectivity index (χ2n) is 4.00. The van der Waals surface area contributed by atoms with Gasteiger partial charge in [-0.25, -0.2) is 0 Å². The van der Waals surface area contributed by atoms with Crippen molar-refractivity contribution in [1.82, 2.24) is 0 Å². The maximum Gasteiger partial charge on any atom is 0.573 e. The molecule has 0 aliphatic rings. The van der Waals surface area contributed by atoms with Gasteiger partial charge in [-0.05, 0) is 30.3 Å². The minimum atomic E-state index is -4.86. The van der Waals surface area contributed by atoms with E-state index in [1.165, 1.54) is 24.3 Å². The lowest BCUT2D eigenvalue weighted by Crippen LogP contribution is -2.19. The van der Waals surface area contributed by atoms with E-state index in [-0.39, 0.29) is 11.1 Å². The van der Waals surface area contributed by atoms with Gasteiger partial charge in [0.05, 0.1) is 5.56 Å². The Balaban J connectivity index is 2.46. The Morgan fingerprint density at radius 2 is 1.67 bits per heavy atom. The Hall–Kier alpha value is -1.34. The summed E-state index contributed by atoms with van der Waals surface area (Å²) in [5.41, 5.74) is 0.0798. The first-order valence-electron chi connectivity index (χ1n) is 5.62. The van der Waals surface area contributed by atoms with Gasteiger partial charge >= 0.3 is 6.36 Å². The number of carbonyl (C=O) groups is 1. The van der Waals surface area contributed by atoms with Crippen molar-refractivity contribution >= 4 is 37.6 Å². The minimum Gasteiger partial charge on any atom is -0.405 e. The second-order valence-corrected chi connectivity index (χ2v) is 5.77. The highest BCUT2D eigenvalue weighted by molar-refractivity contribution is 9.11. The van der Waals surface area contributed by atoms with E-state index in [9.17, 15) is 18.0 Å². The van der Waals surface area contributed by atoms with Crippen LogP contribution in [0.3, 0.4) is 0 Å². The summed E-state index contributed by atoms with van der Waals surface area (Å²) in [6.45, 7) is 0. The van der Waals surface area contributed by atoms with E-state index in [2.05, 4.69) is 36.6 Å². The molecule has 2 rings (SSSR count). The third kappa shape index (κ3) is 4.07. The normalized spacial score (nSPS) is 11.3. The number of rotatable bonds is 3.